The molecule has 116 valence electrons. The van der Waals surface area contributed by atoms with Crippen molar-refractivity contribution in [2.24, 2.45) is 5.92 Å². The highest BCUT2D eigenvalue weighted by Crippen LogP contribution is 2.40. The normalized spacial score (nSPS) is 21.4. The van der Waals surface area contributed by atoms with Crippen molar-refractivity contribution >= 4 is 11.9 Å². The van der Waals surface area contributed by atoms with E-state index in [2.05, 4.69) is 21.8 Å². The number of hydrogen-bond acceptors (Lipinski definition) is 4. The number of carbonyl (C=O) groups is 1. The Morgan fingerprint density at radius 2 is 2.29 bits per heavy atom. The van der Waals surface area contributed by atoms with Gasteiger partial charge in [-0.25, -0.2) is 9.48 Å². The second-order valence-electron chi connectivity index (χ2n) is 7.04. The number of ether oxygens (including phenoxy) is 1. The fraction of sp³-hybridized carbons (Fsp3) is 0.733. The van der Waals surface area contributed by atoms with Crippen LogP contribution in [0.3, 0.4) is 0 Å². The number of fused-ring (bicyclic) bond motifs is 1. The first kappa shape index (κ1) is 14.2. The van der Waals surface area contributed by atoms with Gasteiger partial charge in [0.05, 0.1) is 5.69 Å². The number of anilines is 1. The third-order valence-corrected chi connectivity index (χ3v) is 3.73. The molecule has 0 bridgehead atoms. The van der Waals surface area contributed by atoms with Crippen LogP contribution in [0.1, 0.15) is 45.2 Å². The van der Waals surface area contributed by atoms with Gasteiger partial charge in [0, 0.05) is 37.5 Å². The molecule has 6 heteroatoms. The lowest BCUT2D eigenvalue weighted by molar-refractivity contribution is 0.0518. The van der Waals surface area contributed by atoms with Crippen LogP contribution in [0.25, 0.3) is 0 Å². The van der Waals surface area contributed by atoms with Gasteiger partial charge in [0.25, 0.3) is 0 Å². The smallest absolute Gasteiger partial charge is 0.407 e. The zero-order valence-electron chi connectivity index (χ0n) is 13.0. The summed E-state index contributed by atoms with van der Waals surface area (Å²) in [6.45, 7) is 7.88. The van der Waals surface area contributed by atoms with Gasteiger partial charge in [-0.2, -0.15) is 5.10 Å². The Balaban J connectivity index is 1.50. The number of hydrogen-bond donors (Lipinski definition) is 2. The highest BCUT2D eigenvalue weighted by atomic mass is 16.6. The molecule has 0 radical (unpaired) electrons. The summed E-state index contributed by atoms with van der Waals surface area (Å²) in [6, 6.07) is 2.16. The van der Waals surface area contributed by atoms with E-state index in [0.29, 0.717) is 18.4 Å². The van der Waals surface area contributed by atoms with Crippen molar-refractivity contribution in [3.63, 3.8) is 0 Å². The quantitative estimate of drug-likeness (QED) is 0.897. The van der Waals surface area contributed by atoms with Crippen LogP contribution in [-0.2, 0) is 11.3 Å². The van der Waals surface area contributed by atoms with Crippen LogP contribution >= 0.6 is 0 Å². The van der Waals surface area contributed by atoms with Crippen LogP contribution in [0.15, 0.2) is 6.07 Å². The van der Waals surface area contributed by atoms with E-state index < -0.39 is 5.60 Å². The summed E-state index contributed by atoms with van der Waals surface area (Å²) < 4.78 is 7.28. The third-order valence-electron chi connectivity index (χ3n) is 3.73. The zero-order valence-corrected chi connectivity index (χ0v) is 13.0. The number of carbonyl (C=O) groups excluding carboxylic acids is 1. The molecule has 0 spiro atoms. The maximum absolute atomic E-state index is 11.7. The average Bonchev–Trinajstić information content (AvgIpc) is 3.14. The minimum Gasteiger partial charge on any atom is -0.444 e. The second kappa shape index (κ2) is 5.24. The summed E-state index contributed by atoms with van der Waals surface area (Å²) >= 11 is 0. The maximum Gasteiger partial charge on any atom is 0.407 e. The van der Waals surface area contributed by atoms with Gasteiger partial charge in [0.15, 0.2) is 0 Å². The van der Waals surface area contributed by atoms with Crippen molar-refractivity contribution in [2.75, 3.05) is 18.4 Å². The summed E-state index contributed by atoms with van der Waals surface area (Å²) in [7, 11) is 0. The third kappa shape index (κ3) is 3.68. The Labute approximate surface area is 125 Å². The van der Waals surface area contributed by atoms with Crippen LogP contribution in [0, 0.1) is 5.92 Å². The van der Waals surface area contributed by atoms with Crippen LogP contribution in [0.4, 0.5) is 10.6 Å². The summed E-state index contributed by atoms with van der Waals surface area (Å²) in [5.74, 6) is 2.10. The molecule has 1 atom stereocenters. The van der Waals surface area contributed by atoms with Crippen LogP contribution < -0.4 is 10.6 Å². The molecule has 1 aromatic heterocycles. The fourth-order valence-electron chi connectivity index (χ4n) is 2.53. The predicted octanol–water partition coefficient (Wildman–Crippen LogP) is 2.33. The standard InChI is InChI=1S/C15H24N4O2/c1-15(2,3)21-14(20)17-8-10-7-16-13-6-12(11-4-5-11)18-19(13)9-10/h6,10-11,16H,4-5,7-9H2,1-3H3,(H,17,20). The molecule has 1 unspecified atom stereocenters. The first-order valence-electron chi connectivity index (χ1n) is 7.69. The second-order valence-corrected chi connectivity index (χ2v) is 7.04. The van der Waals surface area contributed by atoms with Crippen molar-refractivity contribution in [2.45, 2.75) is 51.7 Å². The molecule has 2 heterocycles. The van der Waals surface area contributed by atoms with E-state index in [9.17, 15) is 4.79 Å². The van der Waals surface area contributed by atoms with E-state index >= 15 is 0 Å². The van der Waals surface area contributed by atoms with E-state index in [-0.39, 0.29) is 6.09 Å². The van der Waals surface area contributed by atoms with Gasteiger partial charge in [0.2, 0.25) is 0 Å². The van der Waals surface area contributed by atoms with Crippen LogP contribution in [-0.4, -0.2) is 34.6 Å². The van der Waals surface area contributed by atoms with Crippen molar-refractivity contribution < 1.29 is 9.53 Å². The van der Waals surface area contributed by atoms with Gasteiger partial charge < -0.3 is 15.4 Å². The molecule has 1 amide bonds. The molecule has 0 saturated heterocycles. The lowest BCUT2D eigenvalue weighted by Gasteiger charge is -2.26. The molecule has 1 aliphatic heterocycles. The van der Waals surface area contributed by atoms with E-state index in [1.54, 1.807) is 0 Å². The number of amides is 1. The molecular formula is C15H24N4O2. The Bertz CT molecular complexity index is 528. The lowest BCUT2D eigenvalue weighted by Crippen LogP contribution is -2.40. The highest BCUT2D eigenvalue weighted by molar-refractivity contribution is 5.67. The highest BCUT2D eigenvalue weighted by Gasteiger charge is 2.29. The molecule has 1 aliphatic carbocycles. The topological polar surface area (TPSA) is 68.2 Å². The molecule has 21 heavy (non-hydrogen) atoms. The van der Waals surface area contributed by atoms with Gasteiger partial charge in [-0.05, 0) is 33.6 Å². The Hall–Kier alpha value is -1.72. The lowest BCUT2D eigenvalue weighted by atomic mass is 10.1. The largest absolute Gasteiger partial charge is 0.444 e. The fourth-order valence-corrected chi connectivity index (χ4v) is 2.53. The van der Waals surface area contributed by atoms with Crippen molar-refractivity contribution in [3.8, 4) is 0 Å². The van der Waals surface area contributed by atoms with E-state index in [1.165, 1.54) is 18.5 Å². The van der Waals surface area contributed by atoms with Gasteiger partial charge in [-0.15, -0.1) is 0 Å². The number of nitrogens with one attached hydrogen (secondary N) is 2. The van der Waals surface area contributed by atoms with Crippen LogP contribution in [0.2, 0.25) is 0 Å². The first-order valence-corrected chi connectivity index (χ1v) is 7.69. The molecule has 3 rings (SSSR count). The van der Waals surface area contributed by atoms with Gasteiger partial charge in [0.1, 0.15) is 11.4 Å². The van der Waals surface area contributed by atoms with Crippen molar-refractivity contribution in [1.29, 1.82) is 0 Å². The Kier molecular flexibility index (Phi) is 3.55. The number of alkyl carbamates (subject to hydrolysis) is 1. The summed E-state index contributed by atoms with van der Waals surface area (Å²) in [6.07, 6.45) is 2.17. The first-order chi connectivity index (χ1) is 9.90. The van der Waals surface area contributed by atoms with E-state index in [1.807, 2.05) is 25.5 Å². The summed E-state index contributed by atoms with van der Waals surface area (Å²) in [4.78, 5) is 11.7. The monoisotopic (exact) mass is 292 g/mol. The van der Waals surface area contributed by atoms with Crippen molar-refractivity contribution in [1.82, 2.24) is 15.1 Å². The van der Waals surface area contributed by atoms with Gasteiger partial charge in [-0.3, -0.25) is 0 Å². The summed E-state index contributed by atoms with van der Waals surface area (Å²) in [5.41, 5.74) is 0.752. The van der Waals surface area contributed by atoms with Crippen LogP contribution in [0.5, 0.6) is 0 Å². The Morgan fingerprint density at radius 3 is 2.95 bits per heavy atom. The van der Waals surface area contributed by atoms with E-state index in [4.69, 9.17) is 4.74 Å². The predicted molar refractivity (Wildman–Crippen MR) is 80.4 cm³/mol. The molecule has 0 aromatic carbocycles. The molecule has 6 nitrogen and oxygen atoms in total. The number of nitrogens with zero attached hydrogens (tertiary/aromatic N) is 2. The molecular weight excluding hydrogens is 268 g/mol. The minimum absolute atomic E-state index is 0.331. The average molecular weight is 292 g/mol. The van der Waals surface area contributed by atoms with Gasteiger partial charge in [-0.1, -0.05) is 0 Å². The SMILES string of the molecule is CC(C)(C)OC(=O)NCC1CNc2cc(C3CC3)nn2C1. The Morgan fingerprint density at radius 1 is 1.52 bits per heavy atom. The molecule has 1 aromatic rings. The minimum atomic E-state index is -0.455. The van der Waals surface area contributed by atoms with Crippen molar-refractivity contribution in [3.05, 3.63) is 11.8 Å². The molecule has 2 N–H and O–H groups in total. The van der Waals surface area contributed by atoms with E-state index in [0.717, 1.165) is 18.9 Å². The molecule has 1 saturated carbocycles. The summed E-state index contributed by atoms with van der Waals surface area (Å²) in [5, 5.41) is 10.9. The zero-order chi connectivity index (χ0) is 15.0. The molecule has 2 aliphatic rings. The number of aromatic nitrogens is 2. The van der Waals surface area contributed by atoms with Gasteiger partial charge >= 0.3 is 6.09 Å². The molecule has 1 fully saturated rings. The number of rotatable bonds is 3. The maximum atomic E-state index is 11.7.